The topological polar surface area (TPSA) is 212 Å². The molecular weight excluding hydrogens is 360 g/mol. The summed E-state index contributed by atoms with van der Waals surface area (Å²) in [6.45, 7) is -0.0697. The molecule has 2 aliphatic rings. The van der Waals surface area contributed by atoms with Crippen LogP contribution in [0.4, 0.5) is 9.59 Å². The summed E-state index contributed by atoms with van der Waals surface area (Å²) in [6.07, 6.45) is 1.25. The number of fused-ring (bicyclic) bond motifs is 4. The maximum Gasteiger partial charge on any atom is 0.418 e. The van der Waals surface area contributed by atoms with Gasteiger partial charge in [0.25, 0.3) is 0 Å². The smallest absolute Gasteiger partial charge is 0.370 e. The van der Waals surface area contributed by atoms with Crippen LogP contribution in [0.25, 0.3) is 0 Å². The molecule has 0 saturated carbocycles. The van der Waals surface area contributed by atoms with Gasteiger partial charge in [-0.05, 0) is 0 Å². The van der Waals surface area contributed by atoms with Crippen molar-refractivity contribution in [2.24, 2.45) is 22.2 Å². The Morgan fingerprint density at radius 3 is 2.68 bits per heavy atom. The highest BCUT2D eigenvalue weighted by Crippen LogP contribution is 2.43. The average Bonchev–Trinajstić information content (AvgIpc) is 3.02. The molecule has 3 heterocycles. The molecule has 1 aromatic rings. The van der Waals surface area contributed by atoms with E-state index in [9.17, 15) is 18.0 Å². The van der Waals surface area contributed by atoms with Gasteiger partial charge in [-0.25, -0.2) is 9.59 Å². The Balaban J connectivity index is 2.07. The van der Waals surface area contributed by atoms with E-state index in [1.807, 2.05) is 0 Å². The van der Waals surface area contributed by atoms with E-state index < -0.39 is 34.5 Å². The highest BCUT2D eigenvalue weighted by atomic mass is 32.3. The third-order valence-electron chi connectivity index (χ3n) is 3.76. The Labute approximate surface area is 140 Å². The standard InChI is InChI=1S/C10H14N8O6S/c11-8(12)14-1-5-7-4(2-17(15-7)9(13)19)6-3-16(5)10(20)18(6)24-25(21,22)23/h2,5-6H,1,3H2,(H2,13,19)(H4,11,12,14)(H,21,22,23)/t5-,6-/m1/s1. The highest BCUT2D eigenvalue weighted by molar-refractivity contribution is 7.80. The zero-order chi connectivity index (χ0) is 18.5. The Bertz CT molecular complexity index is 874. The minimum absolute atomic E-state index is 0.0104. The molecule has 3 amide bonds. The Kier molecular flexibility index (Phi) is 3.77. The van der Waals surface area contributed by atoms with Crippen LogP contribution < -0.4 is 17.2 Å². The second-order valence-corrected chi connectivity index (χ2v) is 6.32. The zero-order valence-electron chi connectivity index (χ0n) is 12.5. The van der Waals surface area contributed by atoms with E-state index in [0.29, 0.717) is 10.6 Å². The average molecular weight is 374 g/mol. The van der Waals surface area contributed by atoms with E-state index in [2.05, 4.69) is 14.4 Å². The first-order valence-corrected chi connectivity index (χ1v) is 8.16. The van der Waals surface area contributed by atoms with Gasteiger partial charge in [0.1, 0.15) is 6.04 Å². The molecule has 2 bridgehead atoms. The van der Waals surface area contributed by atoms with E-state index in [4.69, 9.17) is 21.8 Å². The van der Waals surface area contributed by atoms with Gasteiger partial charge < -0.3 is 22.1 Å². The van der Waals surface area contributed by atoms with E-state index in [1.54, 1.807) is 0 Å². The van der Waals surface area contributed by atoms with Gasteiger partial charge in [0, 0.05) is 11.8 Å². The van der Waals surface area contributed by atoms with Crippen molar-refractivity contribution in [2.75, 3.05) is 13.1 Å². The molecule has 14 nitrogen and oxygen atoms in total. The van der Waals surface area contributed by atoms with Crippen LogP contribution in [0, 0.1) is 0 Å². The minimum Gasteiger partial charge on any atom is -0.370 e. The van der Waals surface area contributed by atoms with Crippen LogP contribution in [0.5, 0.6) is 0 Å². The molecule has 2 aliphatic heterocycles. The quantitative estimate of drug-likeness (QED) is 0.252. The van der Waals surface area contributed by atoms with E-state index in [0.717, 1.165) is 4.68 Å². The summed E-state index contributed by atoms with van der Waals surface area (Å²) >= 11 is 0. The summed E-state index contributed by atoms with van der Waals surface area (Å²) in [4.78, 5) is 28.8. The third kappa shape index (κ3) is 2.94. The largest absolute Gasteiger partial charge is 0.418 e. The third-order valence-corrected chi connectivity index (χ3v) is 4.11. The van der Waals surface area contributed by atoms with Crippen molar-refractivity contribution in [1.82, 2.24) is 19.7 Å². The number of hydroxylamine groups is 2. The summed E-state index contributed by atoms with van der Waals surface area (Å²) in [5.74, 6) is -0.226. The van der Waals surface area contributed by atoms with Gasteiger partial charge in [0.15, 0.2) is 5.96 Å². The predicted octanol–water partition coefficient (Wildman–Crippen LogP) is -2.35. The number of amides is 3. The number of hydrogen-bond donors (Lipinski definition) is 4. The van der Waals surface area contributed by atoms with Crippen molar-refractivity contribution in [3.63, 3.8) is 0 Å². The molecule has 2 atom stereocenters. The summed E-state index contributed by atoms with van der Waals surface area (Å²) in [6, 6.07) is -3.42. The number of carbonyl (C=O) groups excluding carboxylic acids is 2. The Hall–Kier alpha value is -2.91. The summed E-state index contributed by atoms with van der Waals surface area (Å²) in [7, 11) is -4.94. The van der Waals surface area contributed by atoms with Crippen molar-refractivity contribution in [3.05, 3.63) is 17.5 Å². The van der Waals surface area contributed by atoms with Gasteiger partial charge in [-0.1, -0.05) is 0 Å². The van der Waals surface area contributed by atoms with Crippen LogP contribution in [0.3, 0.4) is 0 Å². The van der Waals surface area contributed by atoms with Gasteiger partial charge in [0.2, 0.25) is 0 Å². The van der Waals surface area contributed by atoms with Gasteiger partial charge in [-0.2, -0.15) is 23.3 Å². The Morgan fingerprint density at radius 2 is 2.12 bits per heavy atom. The van der Waals surface area contributed by atoms with Crippen LogP contribution in [0.2, 0.25) is 0 Å². The molecule has 1 saturated heterocycles. The SMILES string of the molecule is NC(=O)n1cc2c(n1)[C@@H](CN=C(N)N)N1C[C@H]2N(OS(=O)(=O)O)C1=O. The second-order valence-electron chi connectivity index (χ2n) is 5.31. The molecule has 25 heavy (non-hydrogen) atoms. The maximum atomic E-state index is 12.4. The number of guanidine groups is 1. The lowest BCUT2D eigenvalue weighted by Gasteiger charge is -2.28. The first-order valence-electron chi connectivity index (χ1n) is 6.80. The Morgan fingerprint density at radius 1 is 1.44 bits per heavy atom. The number of aromatic nitrogens is 2. The predicted molar refractivity (Wildman–Crippen MR) is 79.9 cm³/mol. The van der Waals surface area contributed by atoms with Gasteiger partial charge in [-0.3, -0.25) is 9.55 Å². The van der Waals surface area contributed by atoms with E-state index in [1.165, 1.54) is 11.1 Å². The first kappa shape index (κ1) is 16.9. The number of nitrogens with two attached hydrogens (primary N) is 3. The van der Waals surface area contributed by atoms with Crippen LogP contribution in [-0.4, -0.2) is 63.8 Å². The summed E-state index contributed by atoms with van der Waals surface area (Å²) in [5, 5.41) is 4.50. The molecule has 0 aromatic carbocycles. The number of hydrogen-bond acceptors (Lipinski definition) is 7. The molecule has 136 valence electrons. The second kappa shape index (κ2) is 5.57. The zero-order valence-corrected chi connectivity index (χ0v) is 13.3. The number of urea groups is 1. The molecule has 1 aromatic heterocycles. The molecule has 0 aliphatic carbocycles. The molecule has 15 heteroatoms. The normalized spacial score (nSPS) is 22.0. The molecule has 0 unspecified atom stereocenters. The number of rotatable bonds is 4. The van der Waals surface area contributed by atoms with Crippen LogP contribution in [-0.2, 0) is 14.7 Å². The molecular formula is C10H14N8O6S. The lowest BCUT2D eigenvalue weighted by molar-refractivity contribution is -0.0317. The lowest BCUT2D eigenvalue weighted by Crippen LogP contribution is -2.37. The van der Waals surface area contributed by atoms with Crippen LogP contribution >= 0.6 is 0 Å². The van der Waals surface area contributed by atoms with Crippen LogP contribution in [0.15, 0.2) is 11.2 Å². The fourth-order valence-electron chi connectivity index (χ4n) is 2.82. The van der Waals surface area contributed by atoms with E-state index in [-0.39, 0.29) is 24.7 Å². The van der Waals surface area contributed by atoms with Crippen molar-refractivity contribution in [3.8, 4) is 0 Å². The van der Waals surface area contributed by atoms with Crippen molar-refractivity contribution < 1.29 is 26.8 Å². The van der Waals surface area contributed by atoms with Crippen molar-refractivity contribution in [1.29, 1.82) is 0 Å². The fourth-order valence-corrected chi connectivity index (χ4v) is 3.19. The number of aliphatic imine (C=N–C) groups is 1. The maximum absolute atomic E-state index is 12.4. The van der Waals surface area contributed by atoms with Gasteiger partial charge in [-0.15, -0.1) is 4.28 Å². The molecule has 1 fully saturated rings. The van der Waals surface area contributed by atoms with E-state index >= 15 is 0 Å². The summed E-state index contributed by atoms with van der Waals surface area (Å²) < 4.78 is 36.1. The van der Waals surface area contributed by atoms with Crippen molar-refractivity contribution in [2.45, 2.75) is 12.1 Å². The van der Waals surface area contributed by atoms with Gasteiger partial charge in [0.05, 0.1) is 24.8 Å². The van der Waals surface area contributed by atoms with Crippen LogP contribution in [0.1, 0.15) is 23.3 Å². The fraction of sp³-hybridized carbons (Fsp3) is 0.400. The van der Waals surface area contributed by atoms with Crippen molar-refractivity contribution >= 4 is 28.4 Å². The molecule has 0 spiro atoms. The first-order chi connectivity index (χ1) is 11.6. The summed E-state index contributed by atoms with van der Waals surface area (Å²) in [5.41, 5.74) is 16.4. The number of nitrogens with zero attached hydrogens (tertiary/aromatic N) is 5. The molecule has 0 radical (unpaired) electrons. The molecule has 3 rings (SSSR count). The number of carbonyl (C=O) groups is 2. The molecule has 7 N–H and O–H groups in total. The minimum atomic E-state index is -4.94. The highest BCUT2D eigenvalue weighted by Gasteiger charge is 2.51. The van der Waals surface area contributed by atoms with Gasteiger partial charge >= 0.3 is 22.5 Å². The lowest BCUT2D eigenvalue weighted by atomic mass is 9.98. The monoisotopic (exact) mass is 374 g/mol. The number of primary amides is 1.